The summed E-state index contributed by atoms with van der Waals surface area (Å²) in [5.41, 5.74) is 0. The van der Waals surface area contributed by atoms with Crippen molar-refractivity contribution in [3.05, 3.63) is 0 Å². The minimum absolute atomic E-state index is 0.729. The minimum Gasteiger partial charge on any atom is -0.394 e. The highest BCUT2D eigenvalue weighted by Gasteiger charge is 2.61. The lowest BCUT2D eigenvalue weighted by atomic mass is 9.99. The zero-order valence-corrected chi connectivity index (χ0v) is 23.7. The van der Waals surface area contributed by atoms with Crippen LogP contribution in [0.5, 0.6) is 0 Å². The van der Waals surface area contributed by atoms with Crippen LogP contribution in [0.3, 0.4) is 0 Å². The van der Waals surface area contributed by atoms with E-state index in [0.717, 1.165) is 0 Å². The van der Waals surface area contributed by atoms with E-state index in [2.05, 4.69) is 0 Å². The lowest BCUT2D eigenvalue weighted by molar-refractivity contribution is -0.385. The first kappa shape index (κ1) is 37.0. The van der Waals surface area contributed by atoms with Gasteiger partial charge in [0.1, 0.15) is 99.2 Å². The largest absolute Gasteiger partial charge is 0.394 e. The SMILES string of the molecule is OC[C@H]1O[C@@](CO)(OC[C@H]2O[C@@](CO)(OC[C@H]3O[C@@](CO)(O[C@H]4O[C@H](CO)[C@@H](O)[C@H](O)[C@H]4O)[C@@H](O)[C@@H]3O)[C@@H](O)[C@@H]2O)[C@@H](O)[C@@H]1O. The summed E-state index contributed by atoms with van der Waals surface area (Å²) in [7, 11) is 0. The Morgan fingerprint density at radius 1 is 0.444 bits per heavy atom. The zero-order chi connectivity index (χ0) is 33.5. The van der Waals surface area contributed by atoms with Gasteiger partial charge in [0.15, 0.2) is 6.29 Å². The molecule has 0 aliphatic carbocycles. The van der Waals surface area contributed by atoms with Gasteiger partial charge >= 0.3 is 0 Å². The number of aliphatic hydroxyl groups excluding tert-OH is 14. The molecule has 4 fully saturated rings. The molecule has 0 bridgehead atoms. The molecule has 0 amide bonds. The van der Waals surface area contributed by atoms with Crippen LogP contribution < -0.4 is 0 Å². The Bertz CT molecular complexity index is 962. The summed E-state index contributed by atoms with van der Waals surface area (Å²) in [6, 6.07) is 0. The molecule has 4 heterocycles. The lowest BCUT2D eigenvalue weighted by Crippen LogP contribution is -2.62. The Balaban J connectivity index is 1.42. The first-order chi connectivity index (χ1) is 21.2. The summed E-state index contributed by atoms with van der Waals surface area (Å²) >= 11 is 0. The molecule has 0 saturated carbocycles. The highest BCUT2D eigenvalue weighted by Crippen LogP contribution is 2.39. The maximum absolute atomic E-state index is 10.7. The molecule has 4 aliphatic heterocycles. The van der Waals surface area contributed by atoms with Crippen LogP contribution >= 0.6 is 0 Å². The third kappa shape index (κ3) is 6.49. The second-order valence-corrected chi connectivity index (χ2v) is 11.3. The summed E-state index contributed by atoms with van der Waals surface area (Å²) in [5, 5.41) is 142. The molecule has 0 radical (unpaired) electrons. The van der Waals surface area contributed by atoms with Gasteiger partial charge in [0.25, 0.3) is 0 Å². The molecule has 4 saturated heterocycles. The molecule has 45 heavy (non-hydrogen) atoms. The van der Waals surface area contributed by atoms with Crippen molar-refractivity contribution >= 4 is 0 Å². The van der Waals surface area contributed by atoms with E-state index in [4.69, 9.17) is 33.2 Å². The number of hydrogen-bond acceptors (Lipinski definition) is 21. The van der Waals surface area contributed by atoms with Crippen LogP contribution in [0, 0.1) is 0 Å². The summed E-state index contributed by atoms with van der Waals surface area (Å²) in [6.07, 6.45) is -24.7. The van der Waals surface area contributed by atoms with Gasteiger partial charge in [-0.1, -0.05) is 0 Å². The molecular weight excluding hydrogens is 624 g/mol. The summed E-state index contributed by atoms with van der Waals surface area (Å²) in [6.45, 7) is -6.40. The van der Waals surface area contributed by atoms with Crippen LogP contribution in [0.1, 0.15) is 0 Å². The van der Waals surface area contributed by atoms with E-state index < -0.39 is 149 Å². The standard InChI is InChI=1S/C24H42O21/c25-1-8-12(30)16(34)17(35)21(41-8)45-24(7-29)20(38)15(33)11(44-24)4-40-23(6-28)19(37)14(32)10(43-23)3-39-22(5-27)18(36)13(31)9(2-26)42-22/h8-21,25-38H,1-7H2/t8-,9-,10-,11-,12-,13-,14-,15-,16+,17-,18+,19+,20+,21-,22-,23-,24+/m1/s1. The molecule has 21 heteroatoms. The molecule has 21 nitrogen and oxygen atoms in total. The molecule has 264 valence electrons. The summed E-state index contributed by atoms with van der Waals surface area (Å²) in [5.74, 6) is -7.20. The highest BCUT2D eigenvalue weighted by atomic mass is 16.8. The van der Waals surface area contributed by atoms with Crippen LogP contribution in [0.4, 0.5) is 0 Å². The normalized spacial score (nSPS) is 52.1. The van der Waals surface area contributed by atoms with Gasteiger partial charge in [0.2, 0.25) is 17.4 Å². The van der Waals surface area contributed by atoms with Crippen LogP contribution in [-0.4, -0.2) is 221 Å². The van der Waals surface area contributed by atoms with Crippen molar-refractivity contribution < 1.29 is 105 Å². The van der Waals surface area contributed by atoms with Gasteiger partial charge in [-0.3, -0.25) is 0 Å². The fraction of sp³-hybridized carbons (Fsp3) is 1.00. The van der Waals surface area contributed by atoms with E-state index in [1.54, 1.807) is 0 Å². The third-order valence-corrected chi connectivity index (χ3v) is 8.51. The van der Waals surface area contributed by atoms with Crippen molar-refractivity contribution in [3.63, 3.8) is 0 Å². The smallest absolute Gasteiger partial charge is 0.224 e. The zero-order valence-electron chi connectivity index (χ0n) is 23.7. The molecule has 0 spiro atoms. The Morgan fingerprint density at radius 2 is 0.844 bits per heavy atom. The van der Waals surface area contributed by atoms with Gasteiger partial charge < -0.3 is 105 Å². The molecule has 0 unspecified atom stereocenters. The first-order valence-electron chi connectivity index (χ1n) is 14.0. The van der Waals surface area contributed by atoms with Gasteiger partial charge in [0, 0.05) is 0 Å². The number of rotatable bonds is 13. The van der Waals surface area contributed by atoms with E-state index in [1.807, 2.05) is 0 Å². The van der Waals surface area contributed by atoms with Crippen molar-refractivity contribution in [2.75, 3.05) is 46.2 Å². The van der Waals surface area contributed by atoms with Gasteiger partial charge in [-0.15, -0.1) is 0 Å². The van der Waals surface area contributed by atoms with Crippen LogP contribution in [0.25, 0.3) is 0 Å². The predicted molar refractivity (Wildman–Crippen MR) is 134 cm³/mol. The number of aliphatic hydroxyl groups is 14. The lowest BCUT2D eigenvalue weighted by Gasteiger charge is -2.43. The average molecular weight is 667 g/mol. The van der Waals surface area contributed by atoms with Crippen molar-refractivity contribution in [1.82, 2.24) is 0 Å². The molecule has 4 aliphatic rings. The van der Waals surface area contributed by atoms with Gasteiger partial charge in [-0.25, -0.2) is 0 Å². The predicted octanol–water partition coefficient (Wildman–Crippen LogP) is -9.74. The van der Waals surface area contributed by atoms with Gasteiger partial charge in [-0.05, 0) is 0 Å². The van der Waals surface area contributed by atoms with Crippen LogP contribution in [-0.2, 0) is 33.2 Å². The fourth-order valence-corrected chi connectivity index (χ4v) is 5.65. The Morgan fingerprint density at radius 3 is 1.27 bits per heavy atom. The molecule has 0 aromatic carbocycles. The van der Waals surface area contributed by atoms with Crippen molar-refractivity contribution in [3.8, 4) is 0 Å². The van der Waals surface area contributed by atoms with Crippen molar-refractivity contribution in [2.24, 2.45) is 0 Å². The summed E-state index contributed by atoms with van der Waals surface area (Å²) < 4.78 is 37.8. The average Bonchev–Trinajstić information content (AvgIpc) is 3.55. The second kappa shape index (κ2) is 14.3. The number of hydrogen-bond donors (Lipinski definition) is 14. The first-order valence-corrected chi connectivity index (χ1v) is 14.0. The molecule has 17 atom stereocenters. The molecular formula is C24H42O21. The van der Waals surface area contributed by atoms with Crippen molar-refractivity contribution in [2.45, 2.75) is 103 Å². The number of ether oxygens (including phenoxy) is 7. The second-order valence-electron chi connectivity index (χ2n) is 11.3. The van der Waals surface area contributed by atoms with E-state index >= 15 is 0 Å². The minimum atomic E-state index is -2.53. The molecule has 0 aromatic rings. The van der Waals surface area contributed by atoms with Gasteiger partial charge in [0.05, 0.1) is 26.4 Å². The maximum Gasteiger partial charge on any atom is 0.224 e. The van der Waals surface area contributed by atoms with E-state index in [0.29, 0.717) is 0 Å². The highest BCUT2D eigenvalue weighted by molar-refractivity contribution is 5.02. The Labute approximate surface area is 254 Å². The van der Waals surface area contributed by atoms with Gasteiger partial charge in [-0.2, -0.15) is 0 Å². The maximum atomic E-state index is 10.7. The van der Waals surface area contributed by atoms with E-state index in [9.17, 15) is 71.5 Å². The van der Waals surface area contributed by atoms with Crippen LogP contribution in [0.2, 0.25) is 0 Å². The Kier molecular flexibility index (Phi) is 11.8. The molecule has 14 N–H and O–H groups in total. The van der Waals surface area contributed by atoms with E-state index in [-0.39, 0.29) is 0 Å². The quantitative estimate of drug-likeness (QED) is 0.0867. The monoisotopic (exact) mass is 666 g/mol. The fourth-order valence-electron chi connectivity index (χ4n) is 5.65. The van der Waals surface area contributed by atoms with Crippen LogP contribution in [0.15, 0.2) is 0 Å². The summed E-state index contributed by atoms with van der Waals surface area (Å²) in [4.78, 5) is 0. The van der Waals surface area contributed by atoms with Crippen molar-refractivity contribution in [1.29, 1.82) is 0 Å². The topological polar surface area (TPSA) is 348 Å². The third-order valence-electron chi connectivity index (χ3n) is 8.51. The Hall–Kier alpha value is -0.840. The molecule has 4 rings (SSSR count). The van der Waals surface area contributed by atoms with E-state index in [1.165, 1.54) is 0 Å². The molecule has 0 aromatic heterocycles.